The van der Waals surface area contributed by atoms with Crippen molar-refractivity contribution in [2.24, 2.45) is 0 Å². The summed E-state index contributed by atoms with van der Waals surface area (Å²) < 4.78 is 5.05. The normalized spacial score (nSPS) is 11.6. The number of para-hydroxylation sites is 3. The maximum absolute atomic E-state index is 2.44. The quantitative estimate of drug-likeness (QED) is 0.193. The Morgan fingerprint density at radius 3 is 1.96 bits per heavy atom. The number of fused-ring (bicyclic) bond motifs is 6. The lowest BCUT2D eigenvalue weighted by atomic mass is 9.99. The third-order valence-corrected chi connectivity index (χ3v) is 9.90. The Kier molecular flexibility index (Phi) is 6.03. The molecule has 2 nitrogen and oxygen atoms in total. The first kappa shape index (κ1) is 25.8. The molecule has 0 aliphatic carbocycles. The second kappa shape index (κ2) is 10.5. The van der Waals surface area contributed by atoms with Crippen molar-refractivity contribution in [1.82, 2.24) is 4.57 Å². The molecule has 0 atom stereocenters. The smallest absolute Gasteiger partial charge is 0.0782 e. The van der Waals surface area contributed by atoms with Gasteiger partial charge in [-0.2, -0.15) is 0 Å². The van der Waals surface area contributed by atoms with E-state index < -0.39 is 0 Å². The summed E-state index contributed by atoms with van der Waals surface area (Å²) in [5.41, 5.74) is 9.37. The maximum Gasteiger partial charge on any atom is 0.0782 e. The van der Waals surface area contributed by atoms with E-state index in [9.17, 15) is 0 Å². The number of benzene rings is 7. The van der Waals surface area contributed by atoms with Gasteiger partial charge >= 0.3 is 0 Å². The molecule has 0 spiro atoms. The zero-order valence-corrected chi connectivity index (χ0v) is 25.3. The minimum atomic E-state index is 1.12. The van der Waals surface area contributed by atoms with Crippen molar-refractivity contribution in [2.45, 2.75) is 0 Å². The number of hydrogen-bond donors (Lipinski definition) is 0. The van der Waals surface area contributed by atoms with Crippen LogP contribution in [0.3, 0.4) is 0 Å². The molecule has 7 aromatic carbocycles. The van der Waals surface area contributed by atoms with Gasteiger partial charge in [0.1, 0.15) is 0 Å². The van der Waals surface area contributed by atoms with E-state index in [2.05, 4.69) is 179 Å². The zero-order chi connectivity index (χ0) is 29.7. The molecule has 45 heavy (non-hydrogen) atoms. The molecule has 0 radical (unpaired) electrons. The standard InChI is InChI=1S/C42H28N2S/c1-4-14-29(15-5-1)33-21-12-23-37-41(33)36-22-13-24-38(42(36)44(37)31-18-8-3-9-19-31)43(30-16-6-2-7-17-30)32-26-27-35-34-20-10-11-25-39(34)45-40(35)28-32/h1-28H. The monoisotopic (exact) mass is 592 g/mol. The molecule has 0 bridgehead atoms. The summed E-state index contributed by atoms with van der Waals surface area (Å²) in [4.78, 5) is 2.42. The topological polar surface area (TPSA) is 8.17 Å². The van der Waals surface area contributed by atoms with Crippen molar-refractivity contribution >= 4 is 70.4 Å². The highest BCUT2D eigenvalue weighted by molar-refractivity contribution is 7.25. The molecule has 9 aromatic rings. The molecule has 9 rings (SSSR count). The molecule has 0 saturated carbocycles. The van der Waals surface area contributed by atoms with Gasteiger partial charge in [-0.15, -0.1) is 11.3 Å². The van der Waals surface area contributed by atoms with E-state index in [0.29, 0.717) is 0 Å². The molecular weight excluding hydrogens is 565 g/mol. The first-order valence-corrected chi connectivity index (χ1v) is 16.1. The molecule has 2 aromatic heterocycles. The number of nitrogens with zero attached hydrogens (tertiary/aromatic N) is 2. The molecular formula is C42H28N2S. The van der Waals surface area contributed by atoms with Gasteiger partial charge in [0.25, 0.3) is 0 Å². The van der Waals surface area contributed by atoms with Gasteiger partial charge in [0, 0.05) is 48.0 Å². The fourth-order valence-corrected chi connectivity index (χ4v) is 7.98. The predicted octanol–water partition coefficient (Wildman–Crippen LogP) is 12.3. The highest BCUT2D eigenvalue weighted by Gasteiger charge is 2.23. The van der Waals surface area contributed by atoms with Crippen LogP contribution in [-0.2, 0) is 0 Å². The van der Waals surface area contributed by atoms with Crippen LogP contribution >= 0.6 is 11.3 Å². The summed E-state index contributed by atoms with van der Waals surface area (Å²) in [5, 5.41) is 5.11. The minimum absolute atomic E-state index is 1.12. The minimum Gasteiger partial charge on any atom is -0.308 e. The summed E-state index contributed by atoms with van der Waals surface area (Å²) in [6, 6.07) is 61.4. The Morgan fingerprint density at radius 2 is 1.13 bits per heavy atom. The molecule has 3 heteroatoms. The van der Waals surface area contributed by atoms with Gasteiger partial charge in [-0.3, -0.25) is 0 Å². The summed E-state index contributed by atoms with van der Waals surface area (Å²) in [6.45, 7) is 0. The van der Waals surface area contributed by atoms with E-state index in [1.807, 2.05) is 11.3 Å². The number of aromatic nitrogens is 1. The Bertz CT molecular complexity index is 2470. The van der Waals surface area contributed by atoms with Crippen molar-refractivity contribution < 1.29 is 0 Å². The molecule has 0 fully saturated rings. The lowest BCUT2D eigenvalue weighted by molar-refractivity contribution is 1.17. The maximum atomic E-state index is 2.44. The molecule has 0 N–H and O–H groups in total. The summed E-state index contributed by atoms with van der Waals surface area (Å²) in [6.07, 6.45) is 0. The van der Waals surface area contributed by atoms with Gasteiger partial charge in [0.2, 0.25) is 0 Å². The number of anilines is 3. The van der Waals surface area contributed by atoms with Crippen LogP contribution in [0.1, 0.15) is 0 Å². The summed E-state index contributed by atoms with van der Waals surface area (Å²) in [7, 11) is 0. The second-order valence-corrected chi connectivity index (χ2v) is 12.4. The molecule has 0 aliphatic heterocycles. The van der Waals surface area contributed by atoms with Crippen LogP contribution in [0, 0.1) is 0 Å². The van der Waals surface area contributed by atoms with Crippen molar-refractivity contribution in [3.05, 3.63) is 170 Å². The Hall–Kier alpha value is -5.64. The van der Waals surface area contributed by atoms with Crippen molar-refractivity contribution in [3.63, 3.8) is 0 Å². The van der Waals surface area contributed by atoms with Gasteiger partial charge < -0.3 is 9.47 Å². The molecule has 0 unspecified atom stereocenters. The molecule has 212 valence electrons. The lowest BCUT2D eigenvalue weighted by Crippen LogP contribution is -2.11. The third-order valence-electron chi connectivity index (χ3n) is 8.77. The number of rotatable bonds is 5. The Labute approximate surface area is 265 Å². The van der Waals surface area contributed by atoms with Crippen LogP contribution in [0.25, 0.3) is 58.8 Å². The lowest BCUT2D eigenvalue weighted by Gasteiger charge is -2.27. The van der Waals surface area contributed by atoms with Gasteiger partial charge in [-0.05, 0) is 65.7 Å². The largest absolute Gasteiger partial charge is 0.308 e. The van der Waals surface area contributed by atoms with Gasteiger partial charge in [0.05, 0.1) is 16.7 Å². The molecule has 0 aliphatic rings. The highest BCUT2D eigenvalue weighted by atomic mass is 32.1. The fraction of sp³-hybridized carbons (Fsp3) is 0. The predicted molar refractivity (Wildman–Crippen MR) is 194 cm³/mol. The van der Waals surface area contributed by atoms with Crippen LogP contribution in [0.5, 0.6) is 0 Å². The van der Waals surface area contributed by atoms with E-state index in [0.717, 1.165) is 22.7 Å². The molecule has 2 heterocycles. The average molecular weight is 593 g/mol. The first-order chi connectivity index (χ1) is 22.3. The van der Waals surface area contributed by atoms with Crippen LogP contribution in [0.15, 0.2) is 170 Å². The number of hydrogen-bond acceptors (Lipinski definition) is 2. The SMILES string of the molecule is c1ccc(-c2cccc3c2c2cccc(N(c4ccccc4)c4ccc5c(c4)sc4ccccc45)c2n3-c2ccccc2)cc1. The molecule has 0 amide bonds. The first-order valence-electron chi connectivity index (χ1n) is 15.3. The van der Waals surface area contributed by atoms with Gasteiger partial charge in [-0.1, -0.05) is 115 Å². The Balaban J connectivity index is 1.39. The van der Waals surface area contributed by atoms with Crippen LogP contribution in [0.4, 0.5) is 17.1 Å². The molecule has 0 saturated heterocycles. The van der Waals surface area contributed by atoms with E-state index in [-0.39, 0.29) is 0 Å². The highest BCUT2D eigenvalue weighted by Crippen LogP contribution is 2.46. The van der Waals surface area contributed by atoms with Crippen molar-refractivity contribution in [1.29, 1.82) is 0 Å². The van der Waals surface area contributed by atoms with Crippen LogP contribution < -0.4 is 4.90 Å². The number of thiophene rings is 1. The third kappa shape index (κ3) is 4.16. The van der Waals surface area contributed by atoms with Crippen molar-refractivity contribution in [2.75, 3.05) is 4.90 Å². The van der Waals surface area contributed by atoms with Crippen LogP contribution in [0.2, 0.25) is 0 Å². The van der Waals surface area contributed by atoms with Crippen LogP contribution in [-0.4, -0.2) is 4.57 Å². The van der Waals surface area contributed by atoms with E-state index in [4.69, 9.17) is 0 Å². The summed E-state index contributed by atoms with van der Waals surface area (Å²) >= 11 is 1.86. The van der Waals surface area contributed by atoms with Crippen molar-refractivity contribution in [3.8, 4) is 16.8 Å². The van der Waals surface area contributed by atoms with E-state index >= 15 is 0 Å². The van der Waals surface area contributed by atoms with Gasteiger partial charge in [0.15, 0.2) is 0 Å². The van der Waals surface area contributed by atoms with Gasteiger partial charge in [-0.25, -0.2) is 0 Å². The van der Waals surface area contributed by atoms with E-state index in [1.165, 1.54) is 53.1 Å². The zero-order valence-electron chi connectivity index (χ0n) is 24.5. The fourth-order valence-electron chi connectivity index (χ4n) is 6.84. The van der Waals surface area contributed by atoms with E-state index in [1.54, 1.807) is 0 Å². The second-order valence-electron chi connectivity index (χ2n) is 11.4. The average Bonchev–Trinajstić information content (AvgIpc) is 3.66. The summed E-state index contributed by atoms with van der Waals surface area (Å²) in [5.74, 6) is 0. The Morgan fingerprint density at radius 1 is 0.467 bits per heavy atom.